The standard InChI is InChI=1S/C15H20N2O3/c1-17(10-2-9-16)15(19)8-12-20-14-5-3-13(4-6-14)7-11-18/h3-6,18H,2,7-8,10-12H2,1H3. The van der Waals surface area contributed by atoms with Gasteiger partial charge < -0.3 is 14.7 Å². The third-order valence-corrected chi connectivity index (χ3v) is 2.89. The lowest BCUT2D eigenvalue weighted by atomic mass is 10.1. The number of hydrogen-bond donors (Lipinski definition) is 1. The molecule has 0 saturated carbocycles. The molecule has 20 heavy (non-hydrogen) atoms. The van der Waals surface area contributed by atoms with Crippen LogP contribution >= 0.6 is 0 Å². The molecule has 5 heteroatoms. The number of aliphatic hydroxyl groups excluding tert-OH is 1. The van der Waals surface area contributed by atoms with Gasteiger partial charge in [-0.15, -0.1) is 0 Å². The van der Waals surface area contributed by atoms with Gasteiger partial charge in [0, 0.05) is 20.2 Å². The molecule has 0 aliphatic heterocycles. The molecule has 1 amide bonds. The van der Waals surface area contributed by atoms with E-state index in [1.807, 2.05) is 30.3 Å². The Hall–Kier alpha value is -2.06. The van der Waals surface area contributed by atoms with Crippen molar-refractivity contribution in [1.29, 1.82) is 5.26 Å². The topological polar surface area (TPSA) is 73.6 Å². The summed E-state index contributed by atoms with van der Waals surface area (Å²) in [5, 5.41) is 17.3. The smallest absolute Gasteiger partial charge is 0.225 e. The second-order valence-electron chi connectivity index (χ2n) is 4.44. The number of aliphatic hydroxyl groups is 1. The van der Waals surface area contributed by atoms with Crippen LogP contribution in [-0.4, -0.2) is 42.7 Å². The first-order valence-electron chi connectivity index (χ1n) is 6.61. The van der Waals surface area contributed by atoms with E-state index >= 15 is 0 Å². The van der Waals surface area contributed by atoms with Crippen molar-refractivity contribution in [2.75, 3.05) is 26.8 Å². The lowest BCUT2D eigenvalue weighted by Crippen LogP contribution is -2.28. The van der Waals surface area contributed by atoms with E-state index in [0.717, 1.165) is 5.56 Å². The Kier molecular flexibility index (Phi) is 7.15. The molecule has 1 aromatic carbocycles. The van der Waals surface area contributed by atoms with Crippen LogP contribution in [-0.2, 0) is 11.2 Å². The third-order valence-electron chi connectivity index (χ3n) is 2.89. The van der Waals surface area contributed by atoms with Gasteiger partial charge in [0.05, 0.1) is 25.5 Å². The fourth-order valence-electron chi connectivity index (χ4n) is 1.67. The molecule has 0 saturated heterocycles. The maximum Gasteiger partial charge on any atom is 0.225 e. The molecular weight excluding hydrogens is 256 g/mol. The van der Waals surface area contributed by atoms with Crippen molar-refractivity contribution in [2.24, 2.45) is 0 Å². The summed E-state index contributed by atoms with van der Waals surface area (Å²) in [4.78, 5) is 13.2. The largest absolute Gasteiger partial charge is 0.493 e. The summed E-state index contributed by atoms with van der Waals surface area (Å²) in [6.07, 6.45) is 1.26. The second-order valence-corrected chi connectivity index (χ2v) is 4.44. The molecule has 0 spiro atoms. The monoisotopic (exact) mass is 276 g/mol. The molecule has 0 aliphatic rings. The summed E-state index contributed by atoms with van der Waals surface area (Å²) in [5.74, 6) is 0.677. The van der Waals surface area contributed by atoms with Crippen LogP contribution in [0.1, 0.15) is 18.4 Å². The molecule has 0 radical (unpaired) electrons. The normalized spacial score (nSPS) is 9.85. The Morgan fingerprint density at radius 1 is 1.40 bits per heavy atom. The van der Waals surface area contributed by atoms with Crippen LogP contribution in [0, 0.1) is 11.3 Å². The van der Waals surface area contributed by atoms with Gasteiger partial charge in [-0.2, -0.15) is 5.26 Å². The predicted molar refractivity (Wildman–Crippen MR) is 75.2 cm³/mol. The van der Waals surface area contributed by atoms with E-state index in [9.17, 15) is 4.79 Å². The molecule has 0 atom stereocenters. The maximum atomic E-state index is 11.7. The average Bonchev–Trinajstić information content (AvgIpc) is 2.46. The Labute approximate surface area is 119 Å². The first-order valence-corrected chi connectivity index (χ1v) is 6.61. The van der Waals surface area contributed by atoms with E-state index in [4.69, 9.17) is 15.1 Å². The molecule has 1 rings (SSSR count). The molecular formula is C15H20N2O3. The average molecular weight is 276 g/mol. The van der Waals surface area contributed by atoms with Gasteiger partial charge in [-0.3, -0.25) is 4.79 Å². The number of benzene rings is 1. The van der Waals surface area contributed by atoms with Crippen molar-refractivity contribution in [3.63, 3.8) is 0 Å². The van der Waals surface area contributed by atoms with Gasteiger partial charge in [-0.1, -0.05) is 12.1 Å². The van der Waals surface area contributed by atoms with Crippen LogP contribution in [0.4, 0.5) is 0 Å². The molecule has 0 heterocycles. The highest BCUT2D eigenvalue weighted by Gasteiger charge is 2.08. The van der Waals surface area contributed by atoms with Crippen LogP contribution in [0.5, 0.6) is 5.75 Å². The van der Waals surface area contributed by atoms with Crippen molar-refractivity contribution in [3.05, 3.63) is 29.8 Å². The fourth-order valence-corrected chi connectivity index (χ4v) is 1.67. The van der Waals surface area contributed by atoms with Crippen LogP contribution < -0.4 is 4.74 Å². The summed E-state index contributed by atoms with van der Waals surface area (Å²) in [6.45, 7) is 0.893. The molecule has 0 fully saturated rings. The van der Waals surface area contributed by atoms with Gasteiger partial charge in [0.15, 0.2) is 0 Å². The lowest BCUT2D eigenvalue weighted by molar-refractivity contribution is -0.130. The minimum Gasteiger partial charge on any atom is -0.493 e. The van der Waals surface area contributed by atoms with Crippen LogP contribution in [0.15, 0.2) is 24.3 Å². The van der Waals surface area contributed by atoms with Crippen LogP contribution in [0.2, 0.25) is 0 Å². The zero-order valence-corrected chi connectivity index (χ0v) is 11.7. The number of carbonyl (C=O) groups is 1. The second kappa shape index (κ2) is 8.94. The van der Waals surface area contributed by atoms with Crippen molar-refractivity contribution in [2.45, 2.75) is 19.3 Å². The number of rotatable bonds is 8. The lowest BCUT2D eigenvalue weighted by Gasteiger charge is -2.15. The number of nitriles is 1. The highest BCUT2D eigenvalue weighted by atomic mass is 16.5. The minimum atomic E-state index is -0.0304. The zero-order chi connectivity index (χ0) is 14.8. The maximum absolute atomic E-state index is 11.7. The highest BCUT2D eigenvalue weighted by molar-refractivity contribution is 5.75. The van der Waals surface area contributed by atoms with Gasteiger partial charge in [-0.25, -0.2) is 0 Å². The predicted octanol–water partition coefficient (Wildman–Crippen LogP) is 1.36. The summed E-state index contributed by atoms with van der Waals surface area (Å²) in [6, 6.07) is 9.46. The first-order chi connectivity index (χ1) is 9.67. The van der Waals surface area contributed by atoms with Gasteiger partial charge in [-0.05, 0) is 24.1 Å². The van der Waals surface area contributed by atoms with Crippen LogP contribution in [0.25, 0.3) is 0 Å². The molecule has 0 aliphatic carbocycles. The Morgan fingerprint density at radius 2 is 2.10 bits per heavy atom. The van der Waals surface area contributed by atoms with Gasteiger partial charge >= 0.3 is 0 Å². The Morgan fingerprint density at radius 3 is 2.70 bits per heavy atom. The number of ether oxygens (including phenoxy) is 1. The molecule has 0 aromatic heterocycles. The number of carbonyl (C=O) groups excluding carboxylic acids is 1. The SMILES string of the molecule is CN(CCC#N)C(=O)CCOc1ccc(CCO)cc1. The summed E-state index contributed by atoms with van der Waals surface area (Å²) >= 11 is 0. The van der Waals surface area contributed by atoms with E-state index in [-0.39, 0.29) is 12.5 Å². The molecule has 5 nitrogen and oxygen atoms in total. The van der Waals surface area contributed by atoms with E-state index in [2.05, 4.69) is 0 Å². The summed E-state index contributed by atoms with van der Waals surface area (Å²) in [7, 11) is 1.68. The number of nitrogens with zero attached hydrogens (tertiary/aromatic N) is 2. The zero-order valence-electron chi connectivity index (χ0n) is 11.7. The number of hydrogen-bond acceptors (Lipinski definition) is 4. The molecule has 0 unspecified atom stereocenters. The minimum absolute atomic E-state index is 0.0304. The van der Waals surface area contributed by atoms with Crippen LogP contribution in [0.3, 0.4) is 0 Å². The Balaban J connectivity index is 2.29. The fraction of sp³-hybridized carbons (Fsp3) is 0.467. The van der Waals surface area contributed by atoms with Crippen molar-refractivity contribution >= 4 is 5.91 Å². The first kappa shape index (κ1) is 16.0. The molecule has 1 N–H and O–H groups in total. The summed E-state index contributed by atoms with van der Waals surface area (Å²) in [5.41, 5.74) is 1.05. The molecule has 108 valence electrons. The van der Waals surface area contributed by atoms with E-state index < -0.39 is 0 Å². The molecule has 0 bridgehead atoms. The van der Waals surface area contributed by atoms with Gasteiger partial charge in [0.2, 0.25) is 5.91 Å². The van der Waals surface area contributed by atoms with E-state index in [0.29, 0.717) is 38.2 Å². The Bertz CT molecular complexity index is 451. The molecule has 1 aromatic rings. The van der Waals surface area contributed by atoms with Crippen molar-refractivity contribution < 1.29 is 14.6 Å². The van der Waals surface area contributed by atoms with Gasteiger partial charge in [0.25, 0.3) is 0 Å². The van der Waals surface area contributed by atoms with Gasteiger partial charge in [0.1, 0.15) is 5.75 Å². The highest BCUT2D eigenvalue weighted by Crippen LogP contribution is 2.12. The van der Waals surface area contributed by atoms with Crippen molar-refractivity contribution in [1.82, 2.24) is 4.90 Å². The third kappa shape index (κ3) is 5.72. The quantitative estimate of drug-likeness (QED) is 0.778. The number of amides is 1. The summed E-state index contributed by atoms with van der Waals surface area (Å²) < 4.78 is 5.49. The van der Waals surface area contributed by atoms with Crippen molar-refractivity contribution in [3.8, 4) is 11.8 Å². The van der Waals surface area contributed by atoms with E-state index in [1.165, 1.54) is 4.90 Å². The van der Waals surface area contributed by atoms with E-state index in [1.54, 1.807) is 7.05 Å².